The molecule has 0 bridgehead atoms. The number of nitrogens with zero attached hydrogens (tertiary/aromatic N) is 2. The SMILES string of the molecule is CN(Cc1ccccc1)C(=O)CCC(=O)c1ccc2c(c1)N(C)C(=O)CO2. The highest BCUT2D eigenvalue weighted by molar-refractivity contribution is 6.02. The number of likely N-dealkylation sites (N-methyl/N-ethyl adjacent to an activating group) is 1. The van der Waals surface area contributed by atoms with E-state index in [1.165, 1.54) is 4.90 Å². The van der Waals surface area contributed by atoms with E-state index < -0.39 is 0 Å². The van der Waals surface area contributed by atoms with E-state index in [4.69, 9.17) is 4.74 Å². The zero-order valence-corrected chi connectivity index (χ0v) is 15.5. The fraction of sp³-hybridized carbons (Fsp3) is 0.286. The Bertz CT molecular complexity index is 864. The number of rotatable bonds is 6. The Kier molecular flexibility index (Phi) is 5.54. The lowest BCUT2D eigenvalue weighted by Crippen LogP contribution is -2.35. The first kappa shape index (κ1) is 18.6. The van der Waals surface area contributed by atoms with Crippen LogP contribution in [0.5, 0.6) is 5.75 Å². The van der Waals surface area contributed by atoms with Gasteiger partial charge in [0.2, 0.25) is 5.91 Å². The molecular formula is C21H22N2O4. The average Bonchev–Trinajstić information content (AvgIpc) is 2.69. The molecule has 1 aliphatic heterocycles. The third-order valence-corrected chi connectivity index (χ3v) is 4.62. The summed E-state index contributed by atoms with van der Waals surface area (Å²) in [6, 6.07) is 14.7. The van der Waals surface area contributed by atoms with Crippen LogP contribution >= 0.6 is 0 Å². The van der Waals surface area contributed by atoms with Crippen LogP contribution in [-0.4, -0.2) is 43.2 Å². The van der Waals surface area contributed by atoms with Gasteiger partial charge < -0.3 is 14.5 Å². The van der Waals surface area contributed by atoms with Gasteiger partial charge in [0.25, 0.3) is 5.91 Å². The lowest BCUT2D eigenvalue weighted by Gasteiger charge is -2.26. The highest BCUT2D eigenvalue weighted by Crippen LogP contribution is 2.32. The van der Waals surface area contributed by atoms with E-state index in [2.05, 4.69) is 0 Å². The lowest BCUT2D eigenvalue weighted by molar-refractivity contribution is -0.130. The number of ether oxygens (including phenoxy) is 1. The van der Waals surface area contributed by atoms with Gasteiger partial charge in [0, 0.05) is 39.0 Å². The predicted molar refractivity (Wildman–Crippen MR) is 102 cm³/mol. The van der Waals surface area contributed by atoms with Crippen LogP contribution in [-0.2, 0) is 16.1 Å². The third kappa shape index (κ3) is 4.34. The van der Waals surface area contributed by atoms with Crippen LogP contribution < -0.4 is 9.64 Å². The van der Waals surface area contributed by atoms with Gasteiger partial charge in [-0.2, -0.15) is 0 Å². The molecule has 0 aliphatic carbocycles. The molecule has 0 N–H and O–H groups in total. The summed E-state index contributed by atoms with van der Waals surface area (Å²) in [5.74, 6) is 0.198. The first-order valence-corrected chi connectivity index (χ1v) is 8.80. The maximum atomic E-state index is 12.5. The van der Waals surface area contributed by atoms with E-state index in [0.29, 0.717) is 23.5 Å². The van der Waals surface area contributed by atoms with Gasteiger partial charge in [-0.05, 0) is 23.8 Å². The van der Waals surface area contributed by atoms with Crippen molar-refractivity contribution in [2.45, 2.75) is 19.4 Å². The minimum Gasteiger partial charge on any atom is -0.482 e. The first-order chi connectivity index (χ1) is 13.0. The summed E-state index contributed by atoms with van der Waals surface area (Å²) < 4.78 is 5.36. The minimum absolute atomic E-state index is 0.000948. The molecule has 2 aromatic rings. The topological polar surface area (TPSA) is 66.9 Å². The minimum atomic E-state index is -0.162. The van der Waals surface area contributed by atoms with E-state index in [-0.39, 0.29) is 37.0 Å². The second-order valence-corrected chi connectivity index (χ2v) is 6.58. The molecule has 6 heteroatoms. The average molecular weight is 366 g/mol. The van der Waals surface area contributed by atoms with E-state index in [1.807, 2.05) is 30.3 Å². The van der Waals surface area contributed by atoms with Gasteiger partial charge in [-0.15, -0.1) is 0 Å². The third-order valence-electron chi connectivity index (χ3n) is 4.62. The molecule has 3 rings (SSSR count). The molecule has 0 unspecified atom stereocenters. The van der Waals surface area contributed by atoms with Crippen LogP contribution in [0, 0.1) is 0 Å². The Balaban J connectivity index is 1.59. The van der Waals surface area contributed by atoms with Crippen molar-refractivity contribution >= 4 is 23.3 Å². The summed E-state index contributed by atoms with van der Waals surface area (Å²) in [5, 5.41) is 0. The van der Waals surface area contributed by atoms with Gasteiger partial charge in [-0.25, -0.2) is 0 Å². The van der Waals surface area contributed by atoms with Gasteiger partial charge in [0.1, 0.15) is 5.75 Å². The number of fused-ring (bicyclic) bond motifs is 1. The standard InChI is InChI=1S/C21H22N2O4/c1-22(13-15-6-4-3-5-7-15)20(25)11-9-18(24)16-8-10-19-17(12-16)23(2)21(26)14-27-19/h3-8,10,12H,9,11,13-14H2,1-2H3. The molecule has 27 heavy (non-hydrogen) atoms. The number of anilines is 1. The van der Waals surface area contributed by atoms with E-state index in [0.717, 1.165) is 5.56 Å². The number of ketones is 1. The van der Waals surface area contributed by atoms with Crippen molar-refractivity contribution in [2.75, 3.05) is 25.6 Å². The molecule has 1 heterocycles. The van der Waals surface area contributed by atoms with Crippen molar-refractivity contribution in [2.24, 2.45) is 0 Å². The molecule has 1 aliphatic rings. The predicted octanol–water partition coefficient (Wildman–Crippen LogP) is 2.66. The highest BCUT2D eigenvalue weighted by atomic mass is 16.5. The summed E-state index contributed by atoms with van der Waals surface area (Å²) in [4.78, 5) is 39.6. The summed E-state index contributed by atoms with van der Waals surface area (Å²) >= 11 is 0. The van der Waals surface area contributed by atoms with Crippen LogP contribution in [0.25, 0.3) is 0 Å². The molecule has 0 atom stereocenters. The number of hydrogen-bond acceptors (Lipinski definition) is 4. The molecule has 6 nitrogen and oxygen atoms in total. The Labute approximate surface area is 158 Å². The number of hydrogen-bond donors (Lipinski definition) is 0. The van der Waals surface area contributed by atoms with E-state index >= 15 is 0 Å². The van der Waals surface area contributed by atoms with E-state index in [9.17, 15) is 14.4 Å². The van der Waals surface area contributed by atoms with Gasteiger partial charge in [-0.1, -0.05) is 30.3 Å². The Hall–Kier alpha value is -3.15. The number of amides is 2. The normalized spacial score (nSPS) is 13.0. The monoisotopic (exact) mass is 366 g/mol. The quantitative estimate of drug-likeness (QED) is 0.737. The molecule has 0 radical (unpaired) electrons. The van der Waals surface area contributed by atoms with Gasteiger partial charge in [0.05, 0.1) is 5.69 Å². The largest absolute Gasteiger partial charge is 0.482 e. The molecular weight excluding hydrogens is 344 g/mol. The van der Waals surface area contributed by atoms with Crippen molar-refractivity contribution in [3.8, 4) is 5.75 Å². The zero-order valence-electron chi connectivity index (χ0n) is 15.5. The van der Waals surface area contributed by atoms with Crippen molar-refractivity contribution in [3.05, 3.63) is 59.7 Å². The molecule has 0 saturated carbocycles. The maximum absolute atomic E-state index is 12.5. The van der Waals surface area contributed by atoms with Crippen LogP contribution in [0.15, 0.2) is 48.5 Å². The second-order valence-electron chi connectivity index (χ2n) is 6.58. The number of benzene rings is 2. The molecule has 140 valence electrons. The molecule has 0 aromatic heterocycles. The highest BCUT2D eigenvalue weighted by Gasteiger charge is 2.23. The fourth-order valence-electron chi connectivity index (χ4n) is 2.95. The molecule has 2 amide bonds. The molecule has 0 saturated heterocycles. The molecule has 2 aromatic carbocycles. The van der Waals surface area contributed by atoms with Crippen LogP contribution in [0.1, 0.15) is 28.8 Å². The zero-order chi connectivity index (χ0) is 19.4. The van der Waals surface area contributed by atoms with Crippen molar-refractivity contribution < 1.29 is 19.1 Å². The summed E-state index contributed by atoms with van der Waals surface area (Å²) in [6.07, 6.45) is 0.264. The second kappa shape index (κ2) is 8.03. The Morgan fingerprint density at radius 3 is 2.59 bits per heavy atom. The molecule has 0 fully saturated rings. The number of Topliss-reactive ketones (excluding diaryl/α,β-unsaturated/α-hetero) is 1. The summed E-state index contributed by atoms with van der Waals surface area (Å²) in [7, 11) is 3.39. The van der Waals surface area contributed by atoms with E-state index in [1.54, 1.807) is 37.2 Å². The van der Waals surface area contributed by atoms with Crippen LogP contribution in [0.4, 0.5) is 5.69 Å². The smallest absolute Gasteiger partial charge is 0.264 e. The summed E-state index contributed by atoms with van der Waals surface area (Å²) in [6.45, 7) is 0.510. The number of carbonyl (C=O) groups is 3. The van der Waals surface area contributed by atoms with Gasteiger partial charge in [0.15, 0.2) is 12.4 Å². The van der Waals surface area contributed by atoms with Gasteiger partial charge in [-0.3, -0.25) is 14.4 Å². The maximum Gasteiger partial charge on any atom is 0.264 e. The van der Waals surface area contributed by atoms with Crippen LogP contribution in [0.3, 0.4) is 0 Å². The van der Waals surface area contributed by atoms with Crippen molar-refractivity contribution in [1.82, 2.24) is 4.90 Å². The number of carbonyl (C=O) groups excluding carboxylic acids is 3. The Morgan fingerprint density at radius 2 is 1.85 bits per heavy atom. The summed E-state index contributed by atoms with van der Waals surface area (Å²) in [5.41, 5.74) is 2.09. The van der Waals surface area contributed by atoms with Crippen molar-refractivity contribution in [1.29, 1.82) is 0 Å². The molecule has 0 spiro atoms. The van der Waals surface area contributed by atoms with Gasteiger partial charge >= 0.3 is 0 Å². The van der Waals surface area contributed by atoms with Crippen molar-refractivity contribution in [3.63, 3.8) is 0 Å². The Morgan fingerprint density at radius 1 is 1.11 bits per heavy atom. The lowest BCUT2D eigenvalue weighted by atomic mass is 10.0. The fourth-order valence-corrected chi connectivity index (χ4v) is 2.95. The first-order valence-electron chi connectivity index (χ1n) is 8.80. The van der Waals surface area contributed by atoms with Crippen LogP contribution in [0.2, 0.25) is 0 Å².